The number of anilines is 1. The summed E-state index contributed by atoms with van der Waals surface area (Å²) in [6.07, 6.45) is -4.52. The Balaban J connectivity index is 2.00. The lowest BCUT2D eigenvalue weighted by atomic mass is 10.2. The monoisotopic (exact) mass is 387 g/mol. The average Bonchev–Trinajstić information content (AvgIpc) is 2.63. The molecule has 0 atom stereocenters. The number of hydrogen-bond donors (Lipinski definition) is 1. The molecule has 0 saturated carbocycles. The van der Waals surface area contributed by atoms with Crippen LogP contribution < -0.4 is 10.7 Å². The van der Waals surface area contributed by atoms with Gasteiger partial charge in [-0.25, -0.2) is 4.68 Å². The molecule has 1 heterocycles. The van der Waals surface area contributed by atoms with Gasteiger partial charge in [-0.2, -0.15) is 18.3 Å². The van der Waals surface area contributed by atoms with Crippen molar-refractivity contribution < 1.29 is 18.0 Å². The summed E-state index contributed by atoms with van der Waals surface area (Å²) in [6, 6.07) is 12.6. The quantitative estimate of drug-likeness (QED) is 0.735. The molecule has 0 fully saturated rings. The molecule has 1 aromatic heterocycles. The van der Waals surface area contributed by atoms with Crippen LogP contribution in [0, 0.1) is 13.8 Å². The third kappa shape index (κ3) is 4.11. The minimum absolute atomic E-state index is 0.0942. The standard InChI is InChI=1S/C20H16F3N3O2/c1-12-6-8-15(9-7-12)24-19(28)18-17(27)10-13(2)26(25-18)16-5-3-4-14(11-16)20(21,22)23/h3-11H,1-2H3,(H,24,28). The van der Waals surface area contributed by atoms with E-state index in [4.69, 9.17) is 0 Å². The van der Waals surface area contributed by atoms with Gasteiger partial charge in [0.1, 0.15) is 0 Å². The maximum Gasteiger partial charge on any atom is 0.416 e. The summed E-state index contributed by atoms with van der Waals surface area (Å²) in [5.74, 6) is -0.741. The van der Waals surface area contributed by atoms with Crippen molar-refractivity contribution in [2.24, 2.45) is 0 Å². The fourth-order valence-corrected chi connectivity index (χ4v) is 2.61. The smallest absolute Gasteiger partial charge is 0.320 e. The number of alkyl halides is 3. The second-order valence-electron chi connectivity index (χ2n) is 6.28. The predicted molar refractivity (Wildman–Crippen MR) is 98.7 cm³/mol. The zero-order valence-corrected chi connectivity index (χ0v) is 15.0. The molecule has 1 amide bonds. The summed E-state index contributed by atoms with van der Waals surface area (Å²) in [6.45, 7) is 3.41. The lowest BCUT2D eigenvalue weighted by Crippen LogP contribution is -2.27. The first-order valence-electron chi connectivity index (χ1n) is 8.32. The van der Waals surface area contributed by atoms with Crippen molar-refractivity contribution in [2.75, 3.05) is 5.32 Å². The van der Waals surface area contributed by atoms with Crippen LogP contribution in [0.5, 0.6) is 0 Å². The maximum atomic E-state index is 13.0. The molecule has 5 nitrogen and oxygen atoms in total. The molecule has 0 bridgehead atoms. The number of benzene rings is 2. The largest absolute Gasteiger partial charge is 0.416 e. The first-order chi connectivity index (χ1) is 13.1. The first kappa shape index (κ1) is 19.3. The van der Waals surface area contributed by atoms with E-state index in [9.17, 15) is 22.8 Å². The lowest BCUT2D eigenvalue weighted by Gasteiger charge is -2.13. The Hall–Kier alpha value is -3.42. The molecule has 3 rings (SSSR count). The number of carbonyl (C=O) groups excluding carboxylic acids is 1. The second-order valence-corrected chi connectivity index (χ2v) is 6.28. The third-order valence-electron chi connectivity index (χ3n) is 4.05. The zero-order chi connectivity index (χ0) is 20.5. The molecular formula is C20H16F3N3O2. The van der Waals surface area contributed by atoms with Gasteiger partial charge in [-0.05, 0) is 44.2 Å². The van der Waals surface area contributed by atoms with E-state index in [0.29, 0.717) is 11.4 Å². The lowest BCUT2D eigenvalue weighted by molar-refractivity contribution is -0.137. The molecule has 0 aliphatic heterocycles. The minimum atomic E-state index is -4.52. The van der Waals surface area contributed by atoms with Crippen LogP contribution in [0.15, 0.2) is 59.4 Å². The van der Waals surface area contributed by atoms with Gasteiger partial charge >= 0.3 is 6.18 Å². The van der Waals surface area contributed by atoms with Crippen molar-refractivity contribution in [1.29, 1.82) is 0 Å². The van der Waals surface area contributed by atoms with E-state index in [0.717, 1.165) is 28.4 Å². The van der Waals surface area contributed by atoms with E-state index in [-0.39, 0.29) is 5.69 Å². The summed E-state index contributed by atoms with van der Waals surface area (Å²) in [7, 11) is 0. The highest BCUT2D eigenvalue weighted by molar-refractivity contribution is 6.02. The fraction of sp³-hybridized carbons (Fsp3) is 0.150. The summed E-state index contributed by atoms with van der Waals surface area (Å²) in [5.41, 5.74) is -0.0150. The number of rotatable bonds is 3. The van der Waals surface area contributed by atoms with Gasteiger partial charge in [0.2, 0.25) is 5.43 Å². The molecular weight excluding hydrogens is 371 g/mol. The number of amides is 1. The number of nitrogens with zero attached hydrogens (tertiary/aromatic N) is 2. The molecule has 3 aromatic rings. The molecule has 0 spiro atoms. The van der Waals surface area contributed by atoms with Gasteiger partial charge in [0.25, 0.3) is 5.91 Å². The predicted octanol–water partition coefficient (Wildman–Crippen LogP) is 4.12. The number of aromatic nitrogens is 2. The zero-order valence-electron chi connectivity index (χ0n) is 15.0. The van der Waals surface area contributed by atoms with E-state index < -0.39 is 28.8 Å². The van der Waals surface area contributed by atoms with Crippen molar-refractivity contribution in [3.8, 4) is 5.69 Å². The Morgan fingerprint density at radius 2 is 1.71 bits per heavy atom. The van der Waals surface area contributed by atoms with Crippen LogP contribution in [0.3, 0.4) is 0 Å². The highest BCUT2D eigenvalue weighted by atomic mass is 19.4. The number of nitrogens with one attached hydrogen (secondary N) is 1. The topological polar surface area (TPSA) is 64.0 Å². The summed E-state index contributed by atoms with van der Waals surface area (Å²) in [5, 5.41) is 6.57. The minimum Gasteiger partial charge on any atom is -0.320 e. The summed E-state index contributed by atoms with van der Waals surface area (Å²) < 4.78 is 40.1. The Morgan fingerprint density at radius 3 is 2.36 bits per heavy atom. The van der Waals surface area contributed by atoms with E-state index >= 15 is 0 Å². The van der Waals surface area contributed by atoms with Gasteiger partial charge in [-0.15, -0.1) is 0 Å². The molecule has 0 aliphatic carbocycles. The number of hydrogen-bond acceptors (Lipinski definition) is 3. The molecule has 2 aromatic carbocycles. The Morgan fingerprint density at radius 1 is 1.04 bits per heavy atom. The van der Waals surface area contributed by atoms with E-state index in [1.807, 2.05) is 6.92 Å². The third-order valence-corrected chi connectivity index (χ3v) is 4.05. The van der Waals surface area contributed by atoms with Crippen molar-refractivity contribution in [3.63, 3.8) is 0 Å². The van der Waals surface area contributed by atoms with Crippen LogP contribution in [-0.2, 0) is 6.18 Å². The SMILES string of the molecule is Cc1ccc(NC(=O)c2nn(-c3cccc(C(F)(F)F)c3)c(C)cc2=O)cc1. The Bertz CT molecular complexity index is 1090. The van der Waals surface area contributed by atoms with Gasteiger partial charge in [0, 0.05) is 17.4 Å². The highest BCUT2D eigenvalue weighted by Gasteiger charge is 2.30. The van der Waals surface area contributed by atoms with Crippen molar-refractivity contribution in [2.45, 2.75) is 20.0 Å². The van der Waals surface area contributed by atoms with Crippen LogP contribution in [0.25, 0.3) is 5.69 Å². The molecule has 144 valence electrons. The normalized spacial score (nSPS) is 11.3. The van der Waals surface area contributed by atoms with E-state index in [1.165, 1.54) is 19.1 Å². The summed E-state index contributed by atoms with van der Waals surface area (Å²) >= 11 is 0. The number of halogens is 3. The molecule has 0 aliphatic rings. The fourth-order valence-electron chi connectivity index (χ4n) is 2.61. The molecule has 0 unspecified atom stereocenters. The van der Waals surface area contributed by atoms with Crippen LogP contribution in [0.2, 0.25) is 0 Å². The second kappa shape index (κ2) is 7.30. The summed E-state index contributed by atoms with van der Waals surface area (Å²) in [4.78, 5) is 24.7. The number of aryl methyl sites for hydroxylation is 2. The van der Waals surface area contributed by atoms with Crippen LogP contribution in [-0.4, -0.2) is 15.7 Å². The van der Waals surface area contributed by atoms with Crippen LogP contribution in [0.4, 0.5) is 18.9 Å². The molecule has 28 heavy (non-hydrogen) atoms. The van der Waals surface area contributed by atoms with Crippen molar-refractivity contribution in [1.82, 2.24) is 9.78 Å². The Kier molecular flexibility index (Phi) is 5.04. The Labute approximate surface area is 158 Å². The van der Waals surface area contributed by atoms with E-state index in [1.54, 1.807) is 24.3 Å². The van der Waals surface area contributed by atoms with E-state index in [2.05, 4.69) is 10.4 Å². The van der Waals surface area contributed by atoms with Gasteiger partial charge in [0.05, 0.1) is 11.3 Å². The molecule has 0 radical (unpaired) electrons. The van der Waals surface area contributed by atoms with Gasteiger partial charge in [0.15, 0.2) is 5.69 Å². The highest BCUT2D eigenvalue weighted by Crippen LogP contribution is 2.30. The van der Waals surface area contributed by atoms with Crippen LogP contribution in [0.1, 0.15) is 27.3 Å². The molecule has 1 N–H and O–H groups in total. The molecule has 0 saturated heterocycles. The van der Waals surface area contributed by atoms with Gasteiger partial charge in [-0.1, -0.05) is 23.8 Å². The maximum absolute atomic E-state index is 13.0. The number of carbonyl (C=O) groups is 1. The molecule has 8 heteroatoms. The first-order valence-corrected chi connectivity index (χ1v) is 8.32. The average molecular weight is 387 g/mol. The van der Waals surface area contributed by atoms with Crippen molar-refractivity contribution >= 4 is 11.6 Å². The van der Waals surface area contributed by atoms with Gasteiger partial charge < -0.3 is 5.32 Å². The van der Waals surface area contributed by atoms with Crippen LogP contribution >= 0.6 is 0 Å². The van der Waals surface area contributed by atoms with Gasteiger partial charge in [-0.3, -0.25) is 9.59 Å². The van der Waals surface area contributed by atoms with Crippen molar-refractivity contribution in [3.05, 3.63) is 87.3 Å².